The molecule has 0 bridgehead atoms. The van der Waals surface area contributed by atoms with Crippen LogP contribution < -0.4 is 4.74 Å². The standard InChI is InChI=1S/C13H16O4/c1-3-10-5-7-11(8-6-10)17-12(9-14)13(15)16-4-2/h5-9,12H,3-4H2,1-2H3. The predicted octanol–water partition coefficient (Wildman–Crippen LogP) is 1.76. The van der Waals surface area contributed by atoms with E-state index in [1.165, 1.54) is 0 Å². The Bertz CT molecular complexity index is 370. The zero-order chi connectivity index (χ0) is 12.7. The van der Waals surface area contributed by atoms with Crippen LogP contribution in [-0.4, -0.2) is 25.0 Å². The van der Waals surface area contributed by atoms with Gasteiger partial charge in [-0.3, -0.25) is 4.79 Å². The molecule has 0 aliphatic carbocycles. The summed E-state index contributed by atoms with van der Waals surface area (Å²) < 4.78 is 9.95. The number of hydrogen-bond donors (Lipinski definition) is 0. The quantitative estimate of drug-likeness (QED) is 0.429. The van der Waals surface area contributed by atoms with Crippen molar-refractivity contribution in [3.63, 3.8) is 0 Å². The number of esters is 1. The highest BCUT2D eigenvalue weighted by atomic mass is 16.6. The molecule has 1 rings (SSSR count). The fourth-order valence-corrected chi connectivity index (χ4v) is 1.31. The summed E-state index contributed by atoms with van der Waals surface area (Å²) in [6.07, 6.45) is 0.170. The molecular weight excluding hydrogens is 220 g/mol. The Hall–Kier alpha value is -1.84. The molecule has 1 atom stereocenters. The van der Waals surface area contributed by atoms with E-state index in [0.29, 0.717) is 12.0 Å². The van der Waals surface area contributed by atoms with E-state index < -0.39 is 12.1 Å². The summed E-state index contributed by atoms with van der Waals surface area (Å²) in [7, 11) is 0. The number of aryl methyl sites for hydroxylation is 1. The molecular formula is C13H16O4. The highest BCUT2D eigenvalue weighted by Crippen LogP contribution is 2.14. The molecule has 1 aromatic rings. The molecule has 0 fully saturated rings. The number of ether oxygens (including phenoxy) is 2. The third-order valence-electron chi connectivity index (χ3n) is 2.24. The summed E-state index contributed by atoms with van der Waals surface area (Å²) in [5, 5.41) is 0. The molecule has 0 spiro atoms. The summed E-state index contributed by atoms with van der Waals surface area (Å²) in [5.74, 6) is -0.186. The lowest BCUT2D eigenvalue weighted by Gasteiger charge is -2.12. The van der Waals surface area contributed by atoms with E-state index in [1.54, 1.807) is 19.1 Å². The molecule has 0 aliphatic rings. The van der Waals surface area contributed by atoms with E-state index in [1.807, 2.05) is 19.1 Å². The van der Waals surface area contributed by atoms with Gasteiger partial charge in [-0.05, 0) is 31.0 Å². The van der Waals surface area contributed by atoms with Crippen LogP contribution in [0.5, 0.6) is 5.75 Å². The fourth-order valence-electron chi connectivity index (χ4n) is 1.31. The fraction of sp³-hybridized carbons (Fsp3) is 0.385. The van der Waals surface area contributed by atoms with Gasteiger partial charge in [0, 0.05) is 0 Å². The van der Waals surface area contributed by atoms with Gasteiger partial charge in [0.25, 0.3) is 0 Å². The Balaban J connectivity index is 2.66. The van der Waals surface area contributed by atoms with Crippen molar-refractivity contribution in [2.45, 2.75) is 26.4 Å². The van der Waals surface area contributed by atoms with E-state index >= 15 is 0 Å². The molecule has 4 nitrogen and oxygen atoms in total. The summed E-state index contributed by atoms with van der Waals surface area (Å²) in [6.45, 7) is 3.94. The number of carbonyl (C=O) groups excluding carboxylic acids is 2. The van der Waals surface area contributed by atoms with E-state index in [4.69, 9.17) is 9.47 Å². The molecule has 0 N–H and O–H groups in total. The first kappa shape index (κ1) is 13.2. The molecule has 1 unspecified atom stereocenters. The molecule has 0 aliphatic heterocycles. The van der Waals surface area contributed by atoms with Crippen molar-refractivity contribution in [1.82, 2.24) is 0 Å². The van der Waals surface area contributed by atoms with Crippen LogP contribution in [0, 0.1) is 0 Å². The Morgan fingerprint density at radius 1 is 1.29 bits per heavy atom. The van der Waals surface area contributed by atoms with Gasteiger partial charge in [-0.15, -0.1) is 0 Å². The molecule has 1 aromatic carbocycles. The number of hydrogen-bond acceptors (Lipinski definition) is 4. The topological polar surface area (TPSA) is 52.6 Å². The molecule has 4 heteroatoms. The van der Waals surface area contributed by atoms with Gasteiger partial charge in [0.15, 0.2) is 6.29 Å². The van der Waals surface area contributed by atoms with Crippen LogP contribution in [0.3, 0.4) is 0 Å². The van der Waals surface area contributed by atoms with Crippen LogP contribution in [0.2, 0.25) is 0 Å². The lowest BCUT2D eigenvalue weighted by Crippen LogP contribution is -2.30. The first-order valence-corrected chi connectivity index (χ1v) is 5.58. The van der Waals surface area contributed by atoms with Crippen molar-refractivity contribution < 1.29 is 19.1 Å². The van der Waals surface area contributed by atoms with Gasteiger partial charge in [0.05, 0.1) is 6.61 Å². The van der Waals surface area contributed by atoms with Crippen LogP contribution in [0.25, 0.3) is 0 Å². The minimum Gasteiger partial charge on any atom is -0.471 e. The highest BCUT2D eigenvalue weighted by Gasteiger charge is 2.20. The summed E-state index contributed by atoms with van der Waals surface area (Å²) in [5.41, 5.74) is 1.16. The minimum absolute atomic E-state index is 0.224. The number of rotatable bonds is 6. The third kappa shape index (κ3) is 3.90. The van der Waals surface area contributed by atoms with Crippen molar-refractivity contribution in [1.29, 1.82) is 0 Å². The maximum atomic E-state index is 11.3. The normalized spacial score (nSPS) is 11.6. The first-order valence-electron chi connectivity index (χ1n) is 5.58. The van der Waals surface area contributed by atoms with E-state index in [-0.39, 0.29) is 6.61 Å². The largest absolute Gasteiger partial charge is 0.471 e. The maximum absolute atomic E-state index is 11.3. The second-order valence-electron chi connectivity index (χ2n) is 3.42. The minimum atomic E-state index is -1.19. The van der Waals surface area contributed by atoms with Crippen LogP contribution in [0.15, 0.2) is 24.3 Å². The van der Waals surface area contributed by atoms with Gasteiger partial charge in [-0.25, -0.2) is 4.79 Å². The monoisotopic (exact) mass is 236 g/mol. The van der Waals surface area contributed by atoms with E-state index in [0.717, 1.165) is 12.0 Å². The Labute approximate surface area is 101 Å². The van der Waals surface area contributed by atoms with Crippen LogP contribution in [-0.2, 0) is 20.7 Å². The third-order valence-corrected chi connectivity index (χ3v) is 2.24. The van der Waals surface area contributed by atoms with E-state index in [9.17, 15) is 9.59 Å². The zero-order valence-corrected chi connectivity index (χ0v) is 10.0. The molecule has 0 aromatic heterocycles. The average molecular weight is 236 g/mol. The Morgan fingerprint density at radius 3 is 2.41 bits per heavy atom. The van der Waals surface area contributed by atoms with Crippen molar-refractivity contribution in [3.05, 3.63) is 29.8 Å². The van der Waals surface area contributed by atoms with Gasteiger partial charge < -0.3 is 9.47 Å². The van der Waals surface area contributed by atoms with Gasteiger partial charge in [0.1, 0.15) is 5.75 Å². The molecule has 0 heterocycles. The zero-order valence-electron chi connectivity index (χ0n) is 10.0. The van der Waals surface area contributed by atoms with Gasteiger partial charge >= 0.3 is 5.97 Å². The molecule has 0 amide bonds. The lowest BCUT2D eigenvalue weighted by atomic mass is 10.2. The first-order chi connectivity index (χ1) is 8.21. The average Bonchev–Trinajstić information content (AvgIpc) is 2.37. The van der Waals surface area contributed by atoms with Gasteiger partial charge in [0.2, 0.25) is 6.10 Å². The van der Waals surface area contributed by atoms with Crippen molar-refractivity contribution in [3.8, 4) is 5.75 Å². The summed E-state index contributed by atoms with van der Waals surface area (Å²) >= 11 is 0. The second-order valence-corrected chi connectivity index (χ2v) is 3.42. The highest BCUT2D eigenvalue weighted by molar-refractivity contribution is 5.91. The van der Waals surface area contributed by atoms with Crippen molar-refractivity contribution in [2.75, 3.05) is 6.61 Å². The predicted molar refractivity (Wildman–Crippen MR) is 62.9 cm³/mol. The molecule has 92 valence electrons. The summed E-state index contributed by atoms with van der Waals surface area (Å²) in [4.78, 5) is 22.0. The Kier molecular flexibility index (Phi) is 5.20. The second kappa shape index (κ2) is 6.68. The van der Waals surface area contributed by atoms with E-state index in [2.05, 4.69) is 0 Å². The van der Waals surface area contributed by atoms with Crippen LogP contribution >= 0.6 is 0 Å². The Morgan fingerprint density at radius 2 is 1.94 bits per heavy atom. The number of aldehydes is 1. The van der Waals surface area contributed by atoms with Crippen LogP contribution in [0.4, 0.5) is 0 Å². The molecule has 0 radical (unpaired) electrons. The van der Waals surface area contributed by atoms with Gasteiger partial charge in [-0.1, -0.05) is 19.1 Å². The molecule has 17 heavy (non-hydrogen) atoms. The smallest absolute Gasteiger partial charge is 0.354 e. The maximum Gasteiger partial charge on any atom is 0.354 e. The molecule has 0 saturated carbocycles. The molecule has 0 saturated heterocycles. The van der Waals surface area contributed by atoms with Crippen molar-refractivity contribution >= 4 is 12.3 Å². The number of benzene rings is 1. The van der Waals surface area contributed by atoms with Gasteiger partial charge in [-0.2, -0.15) is 0 Å². The number of carbonyl (C=O) groups is 2. The SMILES string of the molecule is CCOC(=O)C(C=O)Oc1ccc(CC)cc1. The van der Waals surface area contributed by atoms with Crippen molar-refractivity contribution in [2.24, 2.45) is 0 Å². The lowest BCUT2D eigenvalue weighted by molar-refractivity contribution is -0.152. The summed E-state index contributed by atoms with van der Waals surface area (Å²) in [6, 6.07) is 7.24. The van der Waals surface area contributed by atoms with Crippen LogP contribution in [0.1, 0.15) is 19.4 Å².